The lowest BCUT2D eigenvalue weighted by Crippen LogP contribution is -2.21. The molecule has 0 bridgehead atoms. The molecule has 0 amide bonds. The molecule has 88 valence electrons. The second-order valence-corrected chi connectivity index (χ2v) is 6.24. The van der Waals surface area contributed by atoms with Crippen molar-refractivity contribution in [2.75, 3.05) is 6.26 Å². The summed E-state index contributed by atoms with van der Waals surface area (Å²) in [6, 6.07) is 6.28. The van der Waals surface area contributed by atoms with Crippen LogP contribution in [0.15, 0.2) is 18.2 Å². The van der Waals surface area contributed by atoms with Gasteiger partial charge in [-0.05, 0) is 42.4 Å². The molecule has 0 fully saturated rings. The van der Waals surface area contributed by atoms with Crippen molar-refractivity contribution in [3.05, 3.63) is 34.9 Å². The van der Waals surface area contributed by atoms with Crippen LogP contribution in [0.25, 0.3) is 0 Å². The summed E-state index contributed by atoms with van der Waals surface area (Å²) in [5.74, 6) is 0. The number of aryl methyl sites for hydroxylation is 2. The van der Waals surface area contributed by atoms with E-state index in [9.17, 15) is 8.42 Å². The van der Waals surface area contributed by atoms with Gasteiger partial charge in [0.25, 0.3) is 0 Å². The van der Waals surface area contributed by atoms with Gasteiger partial charge in [-0.2, -0.15) is 0 Å². The molecule has 0 radical (unpaired) electrons. The maximum atomic E-state index is 11.0. The molecule has 0 aliphatic heterocycles. The van der Waals surface area contributed by atoms with Gasteiger partial charge >= 0.3 is 0 Å². The van der Waals surface area contributed by atoms with Crippen LogP contribution in [0.3, 0.4) is 0 Å². The number of rotatable bonds is 3. The lowest BCUT2D eigenvalue weighted by molar-refractivity contribution is 0.587. The minimum Gasteiger partial charge on any atom is -0.213 e. The summed E-state index contributed by atoms with van der Waals surface area (Å²) >= 11 is 0. The summed E-state index contributed by atoms with van der Waals surface area (Å²) < 4.78 is 24.5. The molecule has 0 spiro atoms. The summed E-state index contributed by atoms with van der Waals surface area (Å²) in [6.45, 7) is 0.395. The predicted molar refractivity (Wildman–Crippen MR) is 64.8 cm³/mol. The molecule has 3 nitrogen and oxygen atoms in total. The average Bonchev–Trinajstić information content (AvgIpc) is 2.25. The van der Waals surface area contributed by atoms with E-state index in [-0.39, 0.29) is 0 Å². The third kappa shape index (κ3) is 3.06. The van der Waals surface area contributed by atoms with Crippen molar-refractivity contribution in [3.8, 4) is 0 Å². The molecule has 16 heavy (non-hydrogen) atoms. The molecule has 0 atom stereocenters. The predicted octanol–water partition coefficient (Wildman–Crippen LogP) is 1.61. The van der Waals surface area contributed by atoms with Crippen molar-refractivity contribution in [2.45, 2.75) is 32.2 Å². The normalized spacial score (nSPS) is 15.8. The van der Waals surface area contributed by atoms with E-state index in [4.69, 9.17) is 0 Å². The highest BCUT2D eigenvalue weighted by molar-refractivity contribution is 7.88. The SMILES string of the molecule is CS(=O)(=O)NCc1ccc2c(c1)CCCC2. The van der Waals surface area contributed by atoms with E-state index in [2.05, 4.69) is 16.9 Å². The second kappa shape index (κ2) is 4.55. The zero-order valence-electron chi connectivity index (χ0n) is 9.49. The summed E-state index contributed by atoms with van der Waals surface area (Å²) in [5, 5.41) is 0. The average molecular weight is 239 g/mol. The van der Waals surface area contributed by atoms with Gasteiger partial charge in [0.1, 0.15) is 0 Å². The maximum absolute atomic E-state index is 11.0. The number of sulfonamides is 1. The highest BCUT2D eigenvalue weighted by Gasteiger charge is 2.09. The largest absolute Gasteiger partial charge is 0.213 e. The molecule has 1 aromatic carbocycles. The Morgan fingerprint density at radius 2 is 1.88 bits per heavy atom. The van der Waals surface area contributed by atoms with E-state index in [1.165, 1.54) is 30.2 Å². The number of fused-ring (bicyclic) bond motifs is 1. The van der Waals surface area contributed by atoms with Crippen LogP contribution in [-0.4, -0.2) is 14.7 Å². The Kier molecular flexibility index (Phi) is 3.30. The topological polar surface area (TPSA) is 46.2 Å². The number of hydrogen-bond donors (Lipinski definition) is 1. The Hall–Kier alpha value is -0.870. The van der Waals surface area contributed by atoms with Crippen molar-refractivity contribution in [1.29, 1.82) is 0 Å². The molecule has 1 aromatic rings. The van der Waals surface area contributed by atoms with Crippen molar-refractivity contribution < 1.29 is 8.42 Å². The molecule has 4 heteroatoms. The van der Waals surface area contributed by atoms with Crippen LogP contribution in [0, 0.1) is 0 Å². The van der Waals surface area contributed by atoms with Crippen LogP contribution in [0.2, 0.25) is 0 Å². The van der Waals surface area contributed by atoms with E-state index in [0.717, 1.165) is 18.4 Å². The number of hydrogen-bond acceptors (Lipinski definition) is 2. The number of benzene rings is 1. The monoisotopic (exact) mass is 239 g/mol. The molecular formula is C12H17NO2S. The lowest BCUT2D eigenvalue weighted by Gasteiger charge is -2.16. The molecule has 0 aromatic heterocycles. The van der Waals surface area contributed by atoms with Crippen LogP contribution in [0.5, 0.6) is 0 Å². The Labute approximate surface area is 96.9 Å². The van der Waals surface area contributed by atoms with Gasteiger partial charge in [0.15, 0.2) is 0 Å². The molecule has 0 unspecified atom stereocenters. The zero-order valence-corrected chi connectivity index (χ0v) is 10.3. The van der Waals surface area contributed by atoms with E-state index < -0.39 is 10.0 Å². The summed E-state index contributed by atoms with van der Waals surface area (Å²) in [7, 11) is -3.09. The minimum absolute atomic E-state index is 0.395. The van der Waals surface area contributed by atoms with Crippen molar-refractivity contribution in [1.82, 2.24) is 4.72 Å². The smallest absolute Gasteiger partial charge is 0.209 e. The first-order chi connectivity index (χ1) is 7.54. The number of nitrogens with one attached hydrogen (secondary N) is 1. The summed E-state index contributed by atoms with van der Waals surface area (Å²) in [6.07, 6.45) is 5.99. The van der Waals surface area contributed by atoms with E-state index in [1.807, 2.05) is 6.07 Å². The highest BCUT2D eigenvalue weighted by atomic mass is 32.2. The summed E-state index contributed by atoms with van der Waals surface area (Å²) in [4.78, 5) is 0. The van der Waals surface area contributed by atoms with Crippen molar-refractivity contribution in [2.24, 2.45) is 0 Å². The van der Waals surface area contributed by atoms with Gasteiger partial charge in [-0.3, -0.25) is 0 Å². The van der Waals surface area contributed by atoms with Crippen LogP contribution in [0.4, 0.5) is 0 Å². The van der Waals surface area contributed by atoms with Gasteiger partial charge in [-0.1, -0.05) is 18.2 Å². The van der Waals surface area contributed by atoms with Crippen LogP contribution >= 0.6 is 0 Å². The van der Waals surface area contributed by atoms with Crippen molar-refractivity contribution in [3.63, 3.8) is 0 Å². The van der Waals surface area contributed by atoms with Gasteiger partial charge < -0.3 is 0 Å². The molecule has 2 rings (SSSR count). The quantitative estimate of drug-likeness (QED) is 0.871. The van der Waals surface area contributed by atoms with E-state index >= 15 is 0 Å². The fourth-order valence-corrected chi connectivity index (χ4v) is 2.54. The fraction of sp³-hybridized carbons (Fsp3) is 0.500. The van der Waals surface area contributed by atoms with Crippen LogP contribution in [0.1, 0.15) is 29.5 Å². The van der Waals surface area contributed by atoms with E-state index in [1.54, 1.807) is 0 Å². The summed E-state index contributed by atoms with van der Waals surface area (Å²) in [5.41, 5.74) is 3.86. The Morgan fingerprint density at radius 1 is 1.19 bits per heavy atom. The molecular weight excluding hydrogens is 222 g/mol. The first kappa shape index (κ1) is 11.6. The molecule has 0 saturated heterocycles. The van der Waals surface area contributed by atoms with Gasteiger partial charge in [0.2, 0.25) is 10.0 Å². The van der Waals surface area contributed by atoms with E-state index in [0.29, 0.717) is 6.54 Å². The van der Waals surface area contributed by atoms with Gasteiger partial charge in [-0.25, -0.2) is 13.1 Å². The van der Waals surface area contributed by atoms with Crippen molar-refractivity contribution >= 4 is 10.0 Å². The Bertz CT molecular complexity index is 480. The molecule has 0 saturated carbocycles. The third-order valence-corrected chi connectivity index (χ3v) is 3.62. The minimum atomic E-state index is -3.09. The molecule has 1 N–H and O–H groups in total. The second-order valence-electron chi connectivity index (χ2n) is 4.40. The first-order valence-electron chi connectivity index (χ1n) is 5.60. The molecule has 1 aliphatic carbocycles. The molecule has 0 heterocycles. The zero-order chi connectivity index (χ0) is 11.6. The molecule has 1 aliphatic rings. The lowest BCUT2D eigenvalue weighted by atomic mass is 9.90. The van der Waals surface area contributed by atoms with Gasteiger partial charge in [0, 0.05) is 6.54 Å². The van der Waals surface area contributed by atoms with Gasteiger partial charge in [0.05, 0.1) is 6.26 Å². The van der Waals surface area contributed by atoms with Gasteiger partial charge in [-0.15, -0.1) is 0 Å². The van der Waals surface area contributed by atoms with Crippen LogP contribution in [-0.2, 0) is 29.4 Å². The standard InChI is InChI=1S/C12H17NO2S/c1-16(14,15)13-9-10-6-7-11-4-2-3-5-12(11)8-10/h6-8,13H,2-5,9H2,1H3. The Morgan fingerprint density at radius 3 is 2.56 bits per heavy atom. The first-order valence-corrected chi connectivity index (χ1v) is 7.49. The highest BCUT2D eigenvalue weighted by Crippen LogP contribution is 2.22. The third-order valence-electron chi connectivity index (χ3n) is 2.95. The fourth-order valence-electron chi connectivity index (χ4n) is 2.11. The Balaban J connectivity index is 2.11. The maximum Gasteiger partial charge on any atom is 0.209 e. The van der Waals surface area contributed by atoms with Crippen LogP contribution < -0.4 is 4.72 Å².